The number of rotatable bonds is 5. The van der Waals surface area contributed by atoms with Crippen molar-refractivity contribution in [1.29, 1.82) is 0 Å². The molecule has 0 unspecified atom stereocenters. The number of nitrogens with zero attached hydrogens (tertiary/aromatic N) is 1. The normalized spacial score (nSPS) is 18.4. The number of hydrogen-bond acceptors (Lipinski definition) is 3. The Morgan fingerprint density at radius 2 is 1.71 bits per heavy atom. The van der Waals surface area contributed by atoms with Crippen LogP contribution in [0.1, 0.15) is 40.5 Å². The Balaban J connectivity index is 1.42. The van der Waals surface area contributed by atoms with Crippen molar-refractivity contribution in [1.82, 2.24) is 4.90 Å². The zero-order valence-electron chi connectivity index (χ0n) is 15.5. The molecule has 28 heavy (non-hydrogen) atoms. The smallest absolute Gasteiger partial charge is 0.258 e. The number of fused-ring (bicyclic) bond motifs is 1. The first-order valence-electron chi connectivity index (χ1n) is 9.74. The van der Waals surface area contributed by atoms with E-state index in [4.69, 9.17) is 4.74 Å². The van der Waals surface area contributed by atoms with Gasteiger partial charge in [-0.25, -0.2) is 0 Å². The molecule has 3 aromatic carbocycles. The molecule has 0 aromatic heterocycles. The van der Waals surface area contributed by atoms with E-state index >= 15 is 0 Å². The fourth-order valence-corrected chi connectivity index (χ4v) is 3.76. The van der Waals surface area contributed by atoms with Crippen molar-refractivity contribution in [2.45, 2.75) is 31.7 Å². The molecule has 4 heteroatoms. The first kappa shape index (κ1) is 16.9. The molecule has 3 aromatic rings. The summed E-state index contributed by atoms with van der Waals surface area (Å²) in [5.41, 5.74) is 3.82. The highest BCUT2D eigenvalue weighted by molar-refractivity contribution is 6.02. The maximum atomic E-state index is 13.1. The number of nitrogens with one attached hydrogen (secondary N) is 1. The summed E-state index contributed by atoms with van der Waals surface area (Å²) in [6.45, 7) is 0.524. The molecule has 0 bridgehead atoms. The van der Waals surface area contributed by atoms with Gasteiger partial charge in [0.1, 0.15) is 18.5 Å². The molecule has 0 saturated heterocycles. The van der Waals surface area contributed by atoms with Gasteiger partial charge in [-0.3, -0.25) is 4.79 Å². The van der Waals surface area contributed by atoms with E-state index in [2.05, 4.69) is 23.5 Å². The monoisotopic (exact) mass is 370 g/mol. The third-order valence-corrected chi connectivity index (χ3v) is 5.32. The number of para-hydroxylation sites is 1. The summed E-state index contributed by atoms with van der Waals surface area (Å²) >= 11 is 0. The summed E-state index contributed by atoms with van der Waals surface area (Å²) in [5.74, 6) is 0.919. The zero-order valence-corrected chi connectivity index (χ0v) is 15.5. The summed E-state index contributed by atoms with van der Waals surface area (Å²) in [6.07, 6.45) is 1.96. The van der Waals surface area contributed by atoms with Gasteiger partial charge in [0.15, 0.2) is 0 Å². The number of carbonyl (C=O) groups is 1. The second-order valence-electron chi connectivity index (χ2n) is 7.38. The lowest BCUT2D eigenvalue weighted by Gasteiger charge is -2.38. The SMILES string of the molecule is O=C1c2ccccc2N[C@@H](c2cccc(OCc3ccccc3)c2)N1C1CC1. The maximum absolute atomic E-state index is 13.1. The van der Waals surface area contributed by atoms with E-state index in [9.17, 15) is 4.79 Å². The Kier molecular flexibility index (Phi) is 4.24. The fourth-order valence-electron chi connectivity index (χ4n) is 3.76. The second-order valence-corrected chi connectivity index (χ2v) is 7.38. The summed E-state index contributed by atoms with van der Waals surface area (Å²) in [5, 5.41) is 3.57. The van der Waals surface area contributed by atoms with E-state index in [0.29, 0.717) is 12.6 Å². The lowest BCUT2D eigenvalue weighted by Crippen LogP contribution is -2.44. The molecule has 1 aliphatic carbocycles. The molecule has 1 atom stereocenters. The number of anilines is 1. The third kappa shape index (κ3) is 3.22. The van der Waals surface area contributed by atoms with Gasteiger partial charge in [0.2, 0.25) is 0 Å². The molecule has 2 aliphatic rings. The molecule has 1 fully saturated rings. The molecule has 1 aliphatic heterocycles. The Hall–Kier alpha value is -3.27. The third-order valence-electron chi connectivity index (χ3n) is 5.32. The van der Waals surface area contributed by atoms with Crippen LogP contribution in [0, 0.1) is 0 Å². The van der Waals surface area contributed by atoms with Gasteiger partial charge >= 0.3 is 0 Å². The largest absolute Gasteiger partial charge is 0.489 e. The number of ether oxygens (including phenoxy) is 1. The lowest BCUT2D eigenvalue weighted by molar-refractivity contribution is 0.0666. The van der Waals surface area contributed by atoms with Gasteiger partial charge in [-0.2, -0.15) is 0 Å². The summed E-state index contributed by atoms with van der Waals surface area (Å²) in [6, 6.07) is 26.2. The molecule has 4 nitrogen and oxygen atoms in total. The van der Waals surface area contributed by atoms with Gasteiger partial charge in [0.25, 0.3) is 5.91 Å². The summed E-state index contributed by atoms with van der Waals surface area (Å²) in [7, 11) is 0. The minimum atomic E-state index is -0.171. The van der Waals surface area contributed by atoms with Gasteiger partial charge in [-0.15, -0.1) is 0 Å². The van der Waals surface area contributed by atoms with Crippen LogP contribution in [0.4, 0.5) is 5.69 Å². The zero-order chi connectivity index (χ0) is 18.9. The number of benzene rings is 3. The average molecular weight is 370 g/mol. The predicted octanol–water partition coefficient (Wildman–Crippen LogP) is 4.99. The lowest BCUT2D eigenvalue weighted by atomic mass is 10.0. The molecule has 0 spiro atoms. The average Bonchev–Trinajstić information content (AvgIpc) is 3.58. The Bertz CT molecular complexity index is 998. The Morgan fingerprint density at radius 1 is 0.929 bits per heavy atom. The van der Waals surface area contributed by atoms with Crippen LogP contribution in [-0.4, -0.2) is 16.8 Å². The summed E-state index contributed by atoms with van der Waals surface area (Å²) < 4.78 is 6.00. The summed E-state index contributed by atoms with van der Waals surface area (Å²) in [4.78, 5) is 15.1. The Morgan fingerprint density at radius 3 is 2.54 bits per heavy atom. The number of carbonyl (C=O) groups excluding carboxylic acids is 1. The van der Waals surface area contributed by atoms with E-state index in [1.165, 1.54) is 0 Å². The van der Waals surface area contributed by atoms with Gasteiger partial charge in [0.05, 0.1) is 5.56 Å². The van der Waals surface area contributed by atoms with Crippen LogP contribution < -0.4 is 10.1 Å². The molecular weight excluding hydrogens is 348 g/mol. The first-order valence-corrected chi connectivity index (χ1v) is 9.74. The molecule has 0 radical (unpaired) electrons. The van der Waals surface area contributed by atoms with E-state index in [1.54, 1.807) is 0 Å². The van der Waals surface area contributed by atoms with Crippen LogP contribution in [0.15, 0.2) is 78.9 Å². The van der Waals surface area contributed by atoms with Crippen LogP contribution >= 0.6 is 0 Å². The highest BCUT2D eigenvalue weighted by Gasteiger charge is 2.42. The van der Waals surface area contributed by atoms with Crippen LogP contribution in [0.5, 0.6) is 5.75 Å². The molecule has 1 saturated carbocycles. The minimum Gasteiger partial charge on any atom is -0.489 e. The molecule has 1 heterocycles. The van der Waals surface area contributed by atoms with Crippen molar-refractivity contribution >= 4 is 11.6 Å². The fraction of sp³-hybridized carbons (Fsp3) is 0.208. The van der Waals surface area contributed by atoms with E-state index < -0.39 is 0 Å². The van der Waals surface area contributed by atoms with Crippen molar-refractivity contribution in [3.63, 3.8) is 0 Å². The highest BCUT2D eigenvalue weighted by atomic mass is 16.5. The van der Waals surface area contributed by atoms with E-state index in [-0.39, 0.29) is 12.1 Å². The molecule has 1 amide bonds. The maximum Gasteiger partial charge on any atom is 0.258 e. The van der Waals surface area contributed by atoms with Gasteiger partial charge < -0.3 is 15.0 Å². The van der Waals surface area contributed by atoms with Crippen molar-refractivity contribution in [3.05, 3.63) is 95.6 Å². The van der Waals surface area contributed by atoms with Crippen molar-refractivity contribution in [3.8, 4) is 5.75 Å². The number of hydrogen-bond donors (Lipinski definition) is 1. The van der Waals surface area contributed by atoms with Crippen molar-refractivity contribution in [2.75, 3.05) is 5.32 Å². The van der Waals surface area contributed by atoms with Crippen LogP contribution in [0.2, 0.25) is 0 Å². The topological polar surface area (TPSA) is 41.6 Å². The Labute approximate surface area is 164 Å². The van der Waals surface area contributed by atoms with Gasteiger partial charge in [-0.1, -0.05) is 54.6 Å². The molecule has 140 valence electrons. The van der Waals surface area contributed by atoms with Gasteiger partial charge in [0, 0.05) is 11.7 Å². The van der Waals surface area contributed by atoms with Crippen molar-refractivity contribution in [2.24, 2.45) is 0 Å². The van der Waals surface area contributed by atoms with Crippen LogP contribution in [-0.2, 0) is 6.61 Å². The molecular formula is C24H22N2O2. The highest BCUT2D eigenvalue weighted by Crippen LogP contribution is 2.41. The van der Waals surface area contributed by atoms with E-state index in [1.807, 2.05) is 65.6 Å². The molecule has 1 N–H and O–H groups in total. The minimum absolute atomic E-state index is 0.109. The predicted molar refractivity (Wildman–Crippen MR) is 109 cm³/mol. The van der Waals surface area contributed by atoms with Crippen molar-refractivity contribution < 1.29 is 9.53 Å². The van der Waals surface area contributed by atoms with Gasteiger partial charge in [-0.05, 0) is 48.2 Å². The second kappa shape index (κ2) is 7.04. The van der Waals surface area contributed by atoms with Crippen LogP contribution in [0.3, 0.4) is 0 Å². The first-order chi connectivity index (χ1) is 13.8. The number of amides is 1. The molecule has 5 rings (SSSR count). The standard InChI is InChI=1S/C24H22N2O2/c27-24-21-11-4-5-12-22(21)25-23(26(24)19-13-14-19)18-9-6-10-20(15-18)28-16-17-7-2-1-3-8-17/h1-12,15,19,23,25H,13-14,16H2/t23-/m1/s1. The quantitative estimate of drug-likeness (QED) is 0.688. The van der Waals surface area contributed by atoms with E-state index in [0.717, 1.165) is 41.0 Å². The van der Waals surface area contributed by atoms with Crippen LogP contribution in [0.25, 0.3) is 0 Å².